The largest absolute Gasteiger partial charge is 0.451 e. The summed E-state index contributed by atoms with van der Waals surface area (Å²) < 4.78 is 5.00. The van der Waals surface area contributed by atoms with Gasteiger partial charge in [-0.1, -0.05) is 30.3 Å². The number of aryl methyl sites for hydroxylation is 1. The van der Waals surface area contributed by atoms with Crippen molar-refractivity contribution in [3.8, 4) is 0 Å². The van der Waals surface area contributed by atoms with E-state index in [-0.39, 0.29) is 24.2 Å². The molecule has 1 heterocycles. The van der Waals surface area contributed by atoms with Crippen molar-refractivity contribution >= 4 is 11.9 Å². The Morgan fingerprint density at radius 3 is 2.48 bits per heavy atom. The molecular weight excluding hydrogens is 294 g/mol. The van der Waals surface area contributed by atoms with Gasteiger partial charge in [0.15, 0.2) is 12.3 Å². The van der Waals surface area contributed by atoms with E-state index in [0.717, 1.165) is 5.56 Å². The van der Waals surface area contributed by atoms with Crippen LogP contribution in [0.5, 0.6) is 0 Å². The highest BCUT2D eigenvalue weighted by Crippen LogP contribution is 2.18. The number of ether oxygens (including phenoxy) is 1. The summed E-state index contributed by atoms with van der Waals surface area (Å²) in [4.78, 5) is 33.4. The topological polar surface area (TPSA) is 72.4 Å². The van der Waals surface area contributed by atoms with E-state index in [9.17, 15) is 9.59 Å². The Bertz CT molecular complexity index is 671. The summed E-state index contributed by atoms with van der Waals surface area (Å²) in [6.45, 7) is 3.36. The van der Waals surface area contributed by atoms with Crippen LogP contribution in [0.4, 0.5) is 0 Å². The number of nitrogens with zero attached hydrogens (tertiary/aromatic N) is 3. The lowest BCUT2D eigenvalue weighted by Gasteiger charge is -2.25. The Labute approximate surface area is 135 Å². The Balaban J connectivity index is 1.91. The predicted octanol–water partition coefficient (Wildman–Crippen LogP) is 2.16. The van der Waals surface area contributed by atoms with E-state index < -0.39 is 5.97 Å². The SMILES string of the molecule is Cc1cnc(C(=O)OCC(=O)N(C)C(C)c2ccccc2)cn1. The molecule has 0 saturated heterocycles. The maximum absolute atomic E-state index is 12.2. The molecule has 1 atom stereocenters. The Kier molecular flexibility index (Phi) is 5.41. The summed E-state index contributed by atoms with van der Waals surface area (Å²) in [6, 6.07) is 9.54. The third-order valence-electron chi connectivity index (χ3n) is 3.57. The molecule has 1 aromatic heterocycles. The number of benzene rings is 1. The van der Waals surface area contributed by atoms with Crippen LogP contribution in [0, 0.1) is 6.92 Å². The molecule has 0 N–H and O–H groups in total. The molecule has 6 nitrogen and oxygen atoms in total. The first kappa shape index (κ1) is 16.6. The second-order valence-corrected chi connectivity index (χ2v) is 5.21. The summed E-state index contributed by atoms with van der Waals surface area (Å²) in [6.07, 6.45) is 2.81. The average Bonchev–Trinajstić information content (AvgIpc) is 2.59. The van der Waals surface area contributed by atoms with E-state index in [1.807, 2.05) is 37.3 Å². The van der Waals surface area contributed by atoms with Gasteiger partial charge < -0.3 is 9.64 Å². The number of amides is 1. The molecule has 2 aromatic rings. The van der Waals surface area contributed by atoms with Crippen molar-refractivity contribution in [1.82, 2.24) is 14.9 Å². The van der Waals surface area contributed by atoms with E-state index in [2.05, 4.69) is 9.97 Å². The van der Waals surface area contributed by atoms with E-state index in [0.29, 0.717) is 5.69 Å². The number of rotatable bonds is 5. The number of likely N-dealkylation sites (N-methyl/N-ethyl adjacent to an activating group) is 1. The van der Waals surface area contributed by atoms with E-state index in [4.69, 9.17) is 4.74 Å². The lowest BCUT2D eigenvalue weighted by Crippen LogP contribution is -2.33. The second-order valence-electron chi connectivity index (χ2n) is 5.21. The molecule has 0 spiro atoms. The van der Waals surface area contributed by atoms with E-state index in [1.165, 1.54) is 12.4 Å². The molecule has 0 aliphatic rings. The normalized spacial score (nSPS) is 11.6. The van der Waals surface area contributed by atoms with Crippen molar-refractivity contribution in [2.45, 2.75) is 19.9 Å². The van der Waals surface area contributed by atoms with Crippen molar-refractivity contribution < 1.29 is 14.3 Å². The standard InChI is InChI=1S/C17H19N3O3/c1-12-9-19-15(10-18-12)17(22)23-11-16(21)20(3)13(2)14-7-5-4-6-8-14/h4-10,13H,11H2,1-3H3. The highest BCUT2D eigenvalue weighted by molar-refractivity contribution is 5.89. The highest BCUT2D eigenvalue weighted by atomic mass is 16.5. The minimum Gasteiger partial charge on any atom is -0.451 e. The number of hydrogen-bond acceptors (Lipinski definition) is 5. The fraction of sp³-hybridized carbons (Fsp3) is 0.294. The molecule has 120 valence electrons. The van der Waals surface area contributed by atoms with Gasteiger partial charge in [-0.2, -0.15) is 0 Å². The van der Waals surface area contributed by atoms with Crippen LogP contribution in [0.3, 0.4) is 0 Å². The van der Waals surface area contributed by atoms with Gasteiger partial charge in [0.2, 0.25) is 0 Å². The summed E-state index contributed by atoms with van der Waals surface area (Å²) in [5.74, 6) is -0.943. The lowest BCUT2D eigenvalue weighted by molar-refractivity contribution is -0.135. The molecule has 23 heavy (non-hydrogen) atoms. The minimum atomic E-state index is -0.661. The van der Waals surface area contributed by atoms with Gasteiger partial charge in [0, 0.05) is 13.2 Å². The summed E-state index contributed by atoms with van der Waals surface area (Å²) >= 11 is 0. The van der Waals surface area contributed by atoms with Crippen LogP contribution >= 0.6 is 0 Å². The fourth-order valence-corrected chi connectivity index (χ4v) is 1.97. The molecule has 2 rings (SSSR count). The monoisotopic (exact) mass is 313 g/mol. The number of carbonyl (C=O) groups is 2. The van der Waals surface area contributed by atoms with Crippen LogP contribution in [0.25, 0.3) is 0 Å². The zero-order chi connectivity index (χ0) is 16.8. The zero-order valence-electron chi connectivity index (χ0n) is 13.4. The van der Waals surface area contributed by atoms with Crippen molar-refractivity contribution in [2.24, 2.45) is 0 Å². The smallest absolute Gasteiger partial charge is 0.359 e. The molecule has 0 bridgehead atoms. The Hall–Kier alpha value is -2.76. The van der Waals surface area contributed by atoms with Gasteiger partial charge in [-0.25, -0.2) is 9.78 Å². The van der Waals surface area contributed by atoms with Crippen LogP contribution in [-0.4, -0.2) is 40.4 Å². The Morgan fingerprint density at radius 2 is 1.87 bits per heavy atom. The molecular formula is C17H19N3O3. The minimum absolute atomic E-state index is 0.0853. The van der Waals surface area contributed by atoms with E-state index >= 15 is 0 Å². The molecule has 0 aliphatic carbocycles. The van der Waals surface area contributed by atoms with Gasteiger partial charge in [0.1, 0.15) is 0 Å². The van der Waals surface area contributed by atoms with Crippen LogP contribution in [0.2, 0.25) is 0 Å². The van der Waals surface area contributed by atoms with Gasteiger partial charge in [0.25, 0.3) is 5.91 Å². The molecule has 6 heteroatoms. The molecule has 0 fully saturated rings. The molecule has 1 unspecified atom stereocenters. The van der Waals surface area contributed by atoms with Crippen molar-refractivity contribution in [2.75, 3.05) is 13.7 Å². The van der Waals surface area contributed by atoms with Gasteiger partial charge in [-0.15, -0.1) is 0 Å². The van der Waals surface area contributed by atoms with Gasteiger partial charge in [-0.05, 0) is 19.4 Å². The maximum atomic E-state index is 12.2. The summed E-state index contributed by atoms with van der Waals surface area (Å²) in [5.41, 5.74) is 1.80. The van der Waals surface area contributed by atoms with Crippen LogP contribution < -0.4 is 0 Å². The molecule has 0 aliphatic heterocycles. The Morgan fingerprint density at radius 1 is 1.17 bits per heavy atom. The molecule has 1 amide bonds. The first-order valence-corrected chi connectivity index (χ1v) is 7.25. The first-order valence-electron chi connectivity index (χ1n) is 7.25. The third kappa shape index (κ3) is 4.35. The van der Waals surface area contributed by atoms with Crippen molar-refractivity contribution in [1.29, 1.82) is 0 Å². The molecule has 1 aromatic carbocycles. The van der Waals surface area contributed by atoms with Crippen LogP contribution in [0.1, 0.15) is 34.7 Å². The van der Waals surface area contributed by atoms with Crippen molar-refractivity contribution in [3.63, 3.8) is 0 Å². The highest BCUT2D eigenvalue weighted by Gasteiger charge is 2.19. The van der Waals surface area contributed by atoms with Gasteiger partial charge in [0.05, 0.1) is 17.9 Å². The van der Waals surface area contributed by atoms with Gasteiger partial charge >= 0.3 is 5.97 Å². The maximum Gasteiger partial charge on any atom is 0.359 e. The average molecular weight is 313 g/mol. The zero-order valence-corrected chi connectivity index (χ0v) is 13.4. The van der Waals surface area contributed by atoms with Crippen LogP contribution in [-0.2, 0) is 9.53 Å². The quantitative estimate of drug-likeness (QED) is 0.791. The van der Waals surface area contributed by atoms with Crippen LogP contribution in [0.15, 0.2) is 42.7 Å². The number of esters is 1. The second kappa shape index (κ2) is 7.49. The number of hydrogen-bond donors (Lipinski definition) is 0. The third-order valence-corrected chi connectivity index (χ3v) is 3.57. The molecule has 0 radical (unpaired) electrons. The first-order chi connectivity index (χ1) is 11.0. The summed E-state index contributed by atoms with van der Waals surface area (Å²) in [5, 5.41) is 0. The number of carbonyl (C=O) groups excluding carboxylic acids is 2. The van der Waals surface area contributed by atoms with E-state index in [1.54, 1.807) is 18.9 Å². The summed E-state index contributed by atoms with van der Waals surface area (Å²) in [7, 11) is 1.68. The predicted molar refractivity (Wildman–Crippen MR) is 84.7 cm³/mol. The lowest BCUT2D eigenvalue weighted by atomic mass is 10.1. The molecule has 0 saturated carbocycles. The number of aromatic nitrogens is 2. The van der Waals surface area contributed by atoms with Gasteiger partial charge in [-0.3, -0.25) is 9.78 Å². The fourth-order valence-electron chi connectivity index (χ4n) is 1.97. The van der Waals surface area contributed by atoms with Crippen molar-refractivity contribution in [3.05, 3.63) is 59.7 Å².